The highest BCUT2D eigenvalue weighted by atomic mass is 35.5. The Kier molecular flexibility index (Phi) is 7.20. The molecule has 1 aliphatic carbocycles. The van der Waals surface area contributed by atoms with Crippen molar-refractivity contribution in [2.24, 2.45) is 0 Å². The van der Waals surface area contributed by atoms with E-state index in [1.807, 2.05) is 24.3 Å². The van der Waals surface area contributed by atoms with E-state index in [2.05, 4.69) is 16.7 Å². The van der Waals surface area contributed by atoms with Crippen molar-refractivity contribution in [3.05, 3.63) is 101 Å². The molecule has 0 aromatic heterocycles. The molecule has 1 fully saturated rings. The lowest BCUT2D eigenvalue weighted by atomic mass is 10.0. The molecule has 5 rings (SSSR count). The first-order chi connectivity index (χ1) is 18.4. The highest BCUT2D eigenvalue weighted by Gasteiger charge is 2.27. The van der Waals surface area contributed by atoms with Crippen molar-refractivity contribution in [3.63, 3.8) is 0 Å². The Morgan fingerprint density at radius 2 is 1.47 bits per heavy atom. The van der Waals surface area contributed by atoms with Crippen LogP contribution in [-0.2, 0) is 0 Å². The van der Waals surface area contributed by atoms with Gasteiger partial charge in [-0.3, -0.25) is 0 Å². The van der Waals surface area contributed by atoms with E-state index in [9.17, 15) is 14.7 Å². The Balaban J connectivity index is 1.51. The number of carboxylic acids is 1. The van der Waals surface area contributed by atoms with Crippen molar-refractivity contribution >= 4 is 35.0 Å². The minimum Gasteiger partial charge on any atom is -0.496 e. The van der Waals surface area contributed by atoms with Gasteiger partial charge in [0.25, 0.3) is 0 Å². The number of para-hydroxylation sites is 2. The fourth-order valence-corrected chi connectivity index (χ4v) is 4.40. The van der Waals surface area contributed by atoms with Crippen LogP contribution in [0, 0.1) is 0 Å². The van der Waals surface area contributed by atoms with Gasteiger partial charge >= 0.3 is 12.0 Å². The van der Waals surface area contributed by atoms with E-state index in [1.54, 1.807) is 48.5 Å². The van der Waals surface area contributed by atoms with Gasteiger partial charge in [0.15, 0.2) is 5.75 Å². The average Bonchev–Trinajstić information content (AvgIpc) is 3.76. The van der Waals surface area contributed by atoms with Crippen molar-refractivity contribution in [1.29, 1.82) is 0 Å². The molecular weight excluding hydrogens is 504 g/mol. The number of hydrogen-bond donors (Lipinski definition) is 3. The number of carboxylic acid groups (broad SMARTS) is 1. The van der Waals surface area contributed by atoms with Crippen molar-refractivity contribution in [2.75, 3.05) is 17.7 Å². The molecule has 1 aliphatic rings. The van der Waals surface area contributed by atoms with Crippen LogP contribution >= 0.6 is 11.6 Å². The highest BCUT2D eigenvalue weighted by Crippen LogP contribution is 2.46. The first-order valence-electron chi connectivity index (χ1n) is 12.1. The van der Waals surface area contributed by atoms with Crippen LogP contribution in [0.15, 0.2) is 84.9 Å². The normalized spacial score (nSPS) is 12.5. The molecule has 38 heavy (non-hydrogen) atoms. The van der Waals surface area contributed by atoms with Crippen molar-refractivity contribution in [2.45, 2.75) is 18.8 Å². The second-order valence-electron chi connectivity index (χ2n) is 8.90. The van der Waals surface area contributed by atoms with E-state index in [0.29, 0.717) is 39.2 Å². The Bertz CT molecular complexity index is 1520. The predicted molar refractivity (Wildman–Crippen MR) is 148 cm³/mol. The minimum absolute atomic E-state index is 0.0367. The van der Waals surface area contributed by atoms with Crippen LogP contribution in [0.4, 0.5) is 16.2 Å². The molecule has 0 unspecified atom stereocenters. The van der Waals surface area contributed by atoms with Gasteiger partial charge < -0.3 is 25.2 Å². The number of ether oxygens (including phenoxy) is 2. The van der Waals surface area contributed by atoms with Gasteiger partial charge in [-0.05, 0) is 77.9 Å². The second kappa shape index (κ2) is 10.9. The molecule has 1 saturated carbocycles. The van der Waals surface area contributed by atoms with E-state index < -0.39 is 12.0 Å². The summed E-state index contributed by atoms with van der Waals surface area (Å²) in [7, 11) is 1.42. The molecule has 7 nitrogen and oxygen atoms in total. The van der Waals surface area contributed by atoms with Gasteiger partial charge in [-0.1, -0.05) is 54.1 Å². The lowest BCUT2D eigenvalue weighted by Gasteiger charge is -2.17. The largest absolute Gasteiger partial charge is 0.496 e. The van der Waals surface area contributed by atoms with Crippen molar-refractivity contribution in [1.82, 2.24) is 0 Å². The molecule has 192 valence electrons. The molecule has 0 spiro atoms. The number of methoxy groups -OCH3 is 1. The van der Waals surface area contributed by atoms with Crippen LogP contribution in [0.5, 0.6) is 17.2 Å². The molecule has 0 saturated heterocycles. The summed E-state index contributed by atoms with van der Waals surface area (Å²) < 4.78 is 11.5. The summed E-state index contributed by atoms with van der Waals surface area (Å²) in [5.74, 6) is 0.811. The molecule has 0 aliphatic heterocycles. The Labute approximate surface area is 225 Å². The quantitative estimate of drug-likeness (QED) is 0.215. The maximum atomic E-state index is 13.0. The Morgan fingerprint density at radius 1 is 0.816 bits per heavy atom. The molecule has 0 atom stereocenters. The van der Waals surface area contributed by atoms with Crippen LogP contribution in [-0.4, -0.2) is 24.2 Å². The smallest absolute Gasteiger partial charge is 0.339 e. The van der Waals surface area contributed by atoms with Crippen molar-refractivity contribution in [3.8, 4) is 28.4 Å². The second-order valence-corrected chi connectivity index (χ2v) is 9.31. The zero-order chi connectivity index (χ0) is 26.6. The summed E-state index contributed by atoms with van der Waals surface area (Å²) in [6, 6.07) is 24.5. The van der Waals surface area contributed by atoms with Crippen LogP contribution < -0.4 is 20.1 Å². The zero-order valence-corrected chi connectivity index (χ0v) is 21.3. The van der Waals surface area contributed by atoms with Crippen LogP contribution in [0.2, 0.25) is 5.02 Å². The highest BCUT2D eigenvalue weighted by molar-refractivity contribution is 6.33. The van der Waals surface area contributed by atoms with Gasteiger partial charge in [0.2, 0.25) is 0 Å². The van der Waals surface area contributed by atoms with E-state index in [4.69, 9.17) is 21.1 Å². The standard InChI is InChI=1S/C30H25ClN2O5/c1-37-26-14-12-19(16-22(26)29(34)35)20-13-15-28(38-27-9-5-2-6-21(27)18-10-11-18)25(17-20)33-30(36)32-24-8-4-3-7-23(24)31/h2-9,12-18H,10-11H2,1H3,(H,34,35)(H2,32,33,36). The lowest BCUT2D eigenvalue weighted by Crippen LogP contribution is -2.20. The van der Waals surface area contributed by atoms with E-state index in [1.165, 1.54) is 13.2 Å². The number of carbonyl (C=O) groups excluding carboxylic acids is 1. The van der Waals surface area contributed by atoms with Gasteiger partial charge in [0.05, 0.1) is 23.5 Å². The van der Waals surface area contributed by atoms with Gasteiger partial charge in [-0.15, -0.1) is 0 Å². The third-order valence-corrected chi connectivity index (χ3v) is 6.60. The molecule has 0 heterocycles. The number of rotatable bonds is 8. The van der Waals surface area contributed by atoms with Crippen LogP contribution in [0.25, 0.3) is 11.1 Å². The third-order valence-electron chi connectivity index (χ3n) is 6.27. The Hall–Kier alpha value is -4.49. The molecule has 8 heteroatoms. The number of nitrogens with one attached hydrogen (secondary N) is 2. The Morgan fingerprint density at radius 3 is 2.18 bits per heavy atom. The SMILES string of the molecule is COc1ccc(-c2ccc(Oc3ccccc3C3CC3)c(NC(=O)Nc3ccccc3Cl)c2)cc1C(=O)O. The van der Waals surface area contributed by atoms with Crippen molar-refractivity contribution < 1.29 is 24.2 Å². The van der Waals surface area contributed by atoms with Gasteiger partial charge in [0.1, 0.15) is 17.1 Å². The number of halogens is 1. The summed E-state index contributed by atoms with van der Waals surface area (Å²) in [6.07, 6.45) is 2.24. The summed E-state index contributed by atoms with van der Waals surface area (Å²) >= 11 is 6.21. The predicted octanol–water partition coefficient (Wildman–Crippen LogP) is 8.03. The average molecular weight is 529 g/mol. The van der Waals surface area contributed by atoms with E-state index >= 15 is 0 Å². The molecule has 4 aromatic rings. The fraction of sp³-hybridized carbons (Fsp3) is 0.133. The van der Waals surface area contributed by atoms with Gasteiger partial charge in [-0.2, -0.15) is 0 Å². The molecule has 0 bridgehead atoms. The molecule has 3 N–H and O–H groups in total. The molecular formula is C30H25ClN2O5. The number of benzene rings is 4. The number of urea groups is 1. The number of hydrogen-bond acceptors (Lipinski definition) is 4. The summed E-state index contributed by atoms with van der Waals surface area (Å²) in [5.41, 5.74) is 3.36. The lowest BCUT2D eigenvalue weighted by molar-refractivity contribution is 0.0693. The first-order valence-corrected chi connectivity index (χ1v) is 12.5. The topological polar surface area (TPSA) is 96.9 Å². The number of amides is 2. The maximum Gasteiger partial charge on any atom is 0.339 e. The summed E-state index contributed by atoms with van der Waals surface area (Å²) in [6.45, 7) is 0. The van der Waals surface area contributed by atoms with E-state index in [-0.39, 0.29) is 11.3 Å². The number of carbonyl (C=O) groups is 2. The number of aromatic carboxylic acids is 1. The van der Waals surface area contributed by atoms with Crippen LogP contribution in [0.1, 0.15) is 34.7 Å². The molecule has 4 aromatic carbocycles. The zero-order valence-electron chi connectivity index (χ0n) is 20.5. The van der Waals surface area contributed by atoms with Gasteiger partial charge in [0, 0.05) is 0 Å². The minimum atomic E-state index is -1.10. The van der Waals surface area contributed by atoms with E-state index in [0.717, 1.165) is 24.2 Å². The summed E-state index contributed by atoms with van der Waals surface area (Å²) in [4.78, 5) is 24.7. The molecule has 2 amide bonds. The third kappa shape index (κ3) is 5.58. The maximum absolute atomic E-state index is 13.0. The number of anilines is 2. The molecule has 0 radical (unpaired) electrons. The van der Waals surface area contributed by atoms with Crippen LogP contribution in [0.3, 0.4) is 0 Å². The monoisotopic (exact) mass is 528 g/mol. The first kappa shape index (κ1) is 25.2. The van der Waals surface area contributed by atoms with Gasteiger partial charge in [-0.25, -0.2) is 9.59 Å². The summed E-state index contributed by atoms with van der Waals surface area (Å²) in [5, 5.41) is 15.6. The fourth-order valence-electron chi connectivity index (χ4n) is 4.21.